The van der Waals surface area contributed by atoms with Crippen molar-refractivity contribution in [3.05, 3.63) is 29.3 Å². The molecule has 0 spiro atoms. The summed E-state index contributed by atoms with van der Waals surface area (Å²) in [5, 5.41) is -0.778. The first-order chi connectivity index (χ1) is 9.89. The van der Waals surface area contributed by atoms with Gasteiger partial charge in [0.25, 0.3) is 0 Å². The fraction of sp³-hybridized carbons (Fsp3) is 0.600. The number of aromatic nitrogens is 1. The standard InChI is InChI=1S/C15H18FNO3S/c1-9-5-11(16)8-17-14(9)15(18)10-6-12-3-2-4-13(7-10)21(12,19)20/h5,8,10,12-13H,2-4,6-7H2,1H3. The number of hydrogen-bond acceptors (Lipinski definition) is 4. The van der Waals surface area contributed by atoms with Crippen LogP contribution in [0.15, 0.2) is 12.3 Å². The Morgan fingerprint density at radius 2 is 1.90 bits per heavy atom. The van der Waals surface area contributed by atoms with Crippen molar-refractivity contribution in [1.82, 2.24) is 4.98 Å². The lowest BCUT2D eigenvalue weighted by atomic mass is 9.85. The lowest BCUT2D eigenvalue weighted by Crippen LogP contribution is -2.45. The van der Waals surface area contributed by atoms with E-state index in [2.05, 4.69) is 4.98 Å². The summed E-state index contributed by atoms with van der Waals surface area (Å²) in [6.07, 6.45) is 4.03. The highest BCUT2D eigenvalue weighted by Gasteiger charge is 2.46. The van der Waals surface area contributed by atoms with E-state index in [1.807, 2.05) is 0 Å². The van der Waals surface area contributed by atoms with Crippen LogP contribution >= 0.6 is 0 Å². The summed E-state index contributed by atoms with van der Waals surface area (Å²) in [6.45, 7) is 1.66. The zero-order valence-electron chi connectivity index (χ0n) is 11.9. The van der Waals surface area contributed by atoms with Gasteiger partial charge in [0.2, 0.25) is 0 Å². The van der Waals surface area contributed by atoms with Gasteiger partial charge in [-0.25, -0.2) is 17.8 Å². The molecule has 2 aliphatic heterocycles. The lowest BCUT2D eigenvalue weighted by Gasteiger charge is -2.38. The third-order valence-corrected chi connectivity index (χ3v) is 7.44. The monoisotopic (exact) mass is 311 g/mol. The molecule has 6 heteroatoms. The number of sulfone groups is 1. The molecule has 3 heterocycles. The fourth-order valence-electron chi connectivity index (χ4n) is 3.61. The number of rotatable bonds is 2. The number of Topliss-reactive ketones (excluding diaryl/α,β-unsaturated/α-hetero) is 1. The molecule has 2 saturated heterocycles. The number of halogens is 1. The average Bonchev–Trinajstić information content (AvgIpc) is 2.36. The predicted molar refractivity (Wildman–Crippen MR) is 76.3 cm³/mol. The topological polar surface area (TPSA) is 64.1 Å². The van der Waals surface area contributed by atoms with Gasteiger partial charge < -0.3 is 0 Å². The van der Waals surface area contributed by atoms with E-state index in [-0.39, 0.29) is 27.9 Å². The molecule has 2 aliphatic rings. The molecule has 2 unspecified atom stereocenters. The van der Waals surface area contributed by atoms with Crippen molar-refractivity contribution in [2.75, 3.05) is 0 Å². The number of ketones is 1. The van der Waals surface area contributed by atoms with Gasteiger partial charge in [0, 0.05) is 5.92 Å². The number of hydrogen-bond donors (Lipinski definition) is 0. The van der Waals surface area contributed by atoms with E-state index in [1.54, 1.807) is 6.92 Å². The Labute approximate surface area is 123 Å². The van der Waals surface area contributed by atoms with Gasteiger partial charge in [0.15, 0.2) is 15.6 Å². The molecule has 2 atom stereocenters. The highest BCUT2D eigenvalue weighted by atomic mass is 32.2. The third-order valence-electron chi connectivity index (χ3n) is 4.73. The van der Waals surface area contributed by atoms with Crippen molar-refractivity contribution in [3.63, 3.8) is 0 Å². The third kappa shape index (κ3) is 2.50. The fourth-order valence-corrected chi connectivity index (χ4v) is 6.15. The molecule has 0 amide bonds. The van der Waals surface area contributed by atoms with Gasteiger partial charge >= 0.3 is 0 Å². The number of aryl methyl sites for hydroxylation is 1. The SMILES string of the molecule is Cc1cc(F)cnc1C(=O)C1CC2CCCC(C1)S2(=O)=O. The molecule has 1 aromatic heterocycles. The minimum Gasteiger partial charge on any atom is -0.292 e. The van der Waals surface area contributed by atoms with Crippen LogP contribution in [0, 0.1) is 18.7 Å². The van der Waals surface area contributed by atoms with E-state index in [4.69, 9.17) is 0 Å². The first kappa shape index (κ1) is 14.6. The maximum absolute atomic E-state index is 13.1. The van der Waals surface area contributed by atoms with Gasteiger partial charge in [0.1, 0.15) is 11.5 Å². The summed E-state index contributed by atoms with van der Waals surface area (Å²) in [4.78, 5) is 16.5. The summed E-state index contributed by atoms with van der Waals surface area (Å²) < 4.78 is 37.6. The molecular weight excluding hydrogens is 293 g/mol. The molecule has 114 valence electrons. The smallest absolute Gasteiger partial charge is 0.184 e. The van der Waals surface area contributed by atoms with Gasteiger partial charge in [-0.3, -0.25) is 4.79 Å². The highest BCUT2D eigenvalue weighted by molar-refractivity contribution is 7.92. The van der Waals surface area contributed by atoms with Crippen molar-refractivity contribution < 1.29 is 17.6 Å². The number of nitrogens with zero attached hydrogens (tertiary/aromatic N) is 1. The summed E-state index contributed by atoms with van der Waals surface area (Å²) >= 11 is 0. The van der Waals surface area contributed by atoms with Crippen molar-refractivity contribution in [2.45, 2.75) is 49.5 Å². The molecule has 0 radical (unpaired) electrons. The van der Waals surface area contributed by atoms with E-state index in [0.717, 1.165) is 12.6 Å². The quantitative estimate of drug-likeness (QED) is 0.787. The number of carbonyl (C=O) groups excluding carboxylic acids is 1. The number of fused-ring (bicyclic) bond motifs is 2. The van der Waals surface area contributed by atoms with E-state index >= 15 is 0 Å². The minimum atomic E-state index is -3.06. The van der Waals surface area contributed by atoms with Crippen LogP contribution in [0.1, 0.15) is 48.2 Å². The van der Waals surface area contributed by atoms with Crippen LogP contribution in [0.4, 0.5) is 4.39 Å². The molecular formula is C15H18FNO3S. The molecule has 4 nitrogen and oxygen atoms in total. The number of carbonyl (C=O) groups is 1. The maximum atomic E-state index is 13.1. The molecule has 2 fully saturated rings. The van der Waals surface area contributed by atoms with E-state index < -0.39 is 15.7 Å². The molecule has 0 aliphatic carbocycles. The zero-order valence-corrected chi connectivity index (χ0v) is 12.7. The Kier molecular flexibility index (Phi) is 3.59. The van der Waals surface area contributed by atoms with Gasteiger partial charge in [-0.15, -0.1) is 0 Å². The van der Waals surface area contributed by atoms with Gasteiger partial charge in [-0.1, -0.05) is 6.42 Å². The second-order valence-electron chi connectivity index (χ2n) is 6.12. The lowest BCUT2D eigenvalue weighted by molar-refractivity contribution is 0.0888. The van der Waals surface area contributed by atoms with E-state index in [9.17, 15) is 17.6 Å². The molecule has 0 saturated carbocycles. The van der Waals surface area contributed by atoms with Crippen molar-refractivity contribution in [2.24, 2.45) is 5.92 Å². The van der Waals surface area contributed by atoms with Crippen LogP contribution in [-0.2, 0) is 9.84 Å². The first-order valence-corrected chi connectivity index (χ1v) is 8.89. The summed E-state index contributed by atoms with van der Waals surface area (Å²) in [7, 11) is -3.06. The molecule has 0 N–H and O–H groups in total. The van der Waals surface area contributed by atoms with Crippen LogP contribution in [0.25, 0.3) is 0 Å². The number of pyridine rings is 1. The van der Waals surface area contributed by atoms with Gasteiger partial charge in [-0.05, 0) is 44.2 Å². The van der Waals surface area contributed by atoms with Crippen LogP contribution in [0.2, 0.25) is 0 Å². The van der Waals surface area contributed by atoms with Crippen LogP contribution in [0.5, 0.6) is 0 Å². The second kappa shape index (κ2) is 5.16. The van der Waals surface area contributed by atoms with Crippen molar-refractivity contribution in [3.8, 4) is 0 Å². The normalized spacial score (nSPS) is 30.9. The second-order valence-corrected chi connectivity index (χ2v) is 8.63. The van der Waals surface area contributed by atoms with Crippen LogP contribution in [-0.4, -0.2) is 29.7 Å². The summed E-state index contributed by atoms with van der Waals surface area (Å²) in [5.74, 6) is -0.910. The summed E-state index contributed by atoms with van der Waals surface area (Å²) in [6, 6.07) is 1.29. The van der Waals surface area contributed by atoms with Gasteiger partial charge in [-0.2, -0.15) is 0 Å². The van der Waals surface area contributed by atoms with Crippen LogP contribution < -0.4 is 0 Å². The molecule has 2 bridgehead atoms. The molecule has 0 aromatic carbocycles. The zero-order chi connectivity index (χ0) is 15.2. The highest BCUT2D eigenvalue weighted by Crippen LogP contribution is 2.40. The Balaban J connectivity index is 1.87. The Morgan fingerprint density at radius 1 is 1.29 bits per heavy atom. The van der Waals surface area contributed by atoms with Crippen LogP contribution in [0.3, 0.4) is 0 Å². The molecule has 3 rings (SSSR count). The Morgan fingerprint density at radius 3 is 2.48 bits per heavy atom. The molecule has 21 heavy (non-hydrogen) atoms. The van der Waals surface area contributed by atoms with E-state index in [0.29, 0.717) is 31.2 Å². The largest absolute Gasteiger partial charge is 0.292 e. The van der Waals surface area contributed by atoms with Gasteiger partial charge in [0.05, 0.1) is 16.7 Å². The van der Waals surface area contributed by atoms with E-state index in [1.165, 1.54) is 6.07 Å². The Hall–Kier alpha value is -1.30. The Bertz CT molecular complexity index is 666. The first-order valence-electron chi connectivity index (χ1n) is 7.28. The average molecular weight is 311 g/mol. The molecule has 1 aromatic rings. The van der Waals surface area contributed by atoms with Crippen molar-refractivity contribution >= 4 is 15.6 Å². The minimum absolute atomic E-state index is 0.140. The predicted octanol–water partition coefficient (Wildman–Crippen LogP) is 2.46. The van der Waals surface area contributed by atoms with Crippen molar-refractivity contribution in [1.29, 1.82) is 0 Å². The summed E-state index contributed by atoms with van der Waals surface area (Å²) in [5.41, 5.74) is 0.789. The maximum Gasteiger partial charge on any atom is 0.184 e.